The van der Waals surface area contributed by atoms with E-state index in [-0.39, 0.29) is 0 Å². The summed E-state index contributed by atoms with van der Waals surface area (Å²) < 4.78 is 2.31. The van der Waals surface area contributed by atoms with E-state index in [2.05, 4.69) is 27.6 Å². The van der Waals surface area contributed by atoms with E-state index in [1.807, 2.05) is 18.3 Å². The first-order valence-corrected chi connectivity index (χ1v) is 8.23. The molecule has 0 radical (unpaired) electrons. The first-order valence-electron chi connectivity index (χ1n) is 8.23. The third kappa shape index (κ3) is 3.62. The number of imidazole rings is 1. The fraction of sp³-hybridized carbons (Fsp3) is 0.444. The fourth-order valence-electron chi connectivity index (χ4n) is 3.41. The molecule has 1 aliphatic heterocycles. The molecule has 2 heterocycles. The van der Waals surface area contributed by atoms with Crippen molar-refractivity contribution in [3.05, 3.63) is 53.6 Å². The number of hydrogen-bond acceptors (Lipinski definition) is 3. The Labute approximate surface area is 136 Å². The van der Waals surface area contributed by atoms with Crippen molar-refractivity contribution < 1.29 is 9.90 Å². The Balaban J connectivity index is 1.69. The van der Waals surface area contributed by atoms with Crippen molar-refractivity contribution in [2.75, 3.05) is 13.1 Å². The minimum atomic E-state index is -0.866. The summed E-state index contributed by atoms with van der Waals surface area (Å²) in [6.45, 7) is 4.98. The van der Waals surface area contributed by atoms with Gasteiger partial charge in [0, 0.05) is 37.9 Å². The van der Waals surface area contributed by atoms with Crippen LogP contribution in [0.25, 0.3) is 0 Å². The van der Waals surface area contributed by atoms with Crippen molar-refractivity contribution >= 4 is 5.97 Å². The van der Waals surface area contributed by atoms with Gasteiger partial charge in [-0.15, -0.1) is 0 Å². The molecule has 0 bridgehead atoms. The molecule has 0 spiro atoms. The normalized spacial score (nSPS) is 18.9. The van der Waals surface area contributed by atoms with Gasteiger partial charge in [-0.1, -0.05) is 19.1 Å². The van der Waals surface area contributed by atoms with Gasteiger partial charge < -0.3 is 9.67 Å². The average Bonchev–Trinajstić information content (AvgIpc) is 3.04. The van der Waals surface area contributed by atoms with Gasteiger partial charge in [-0.3, -0.25) is 4.90 Å². The summed E-state index contributed by atoms with van der Waals surface area (Å²) >= 11 is 0. The van der Waals surface area contributed by atoms with E-state index in [1.54, 1.807) is 12.1 Å². The minimum Gasteiger partial charge on any atom is -0.478 e. The van der Waals surface area contributed by atoms with Crippen LogP contribution in [0.1, 0.15) is 47.6 Å². The van der Waals surface area contributed by atoms with Crippen molar-refractivity contribution in [2.24, 2.45) is 0 Å². The number of likely N-dealkylation sites (tertiary alicyclic amines) is 1. The molecule has 1 fully saturated rings. The second-order valence-corrected chi connectivity index (χ2v) is 6.14. The molecule has 1 aromatic heterocycles. The van der Waals surface area contributed by atoms with Crippen LogP contribution in [0.5, 0.6) is 0 Å². The molecule has 2 aromatic rings. The molecular formula is C18H23N3O2. The summed E-state index contributed by atoms with van der Waals surface area (Å²) in [5, 5.41) is 9.12. The van der Waals surface area contributed by atoms with Crippen molar-refractivity contribution in [1.82, 2.24) is 14.5 Å². The topological polar surface area (TPSA) is 58.4 Å². The SMILES string of the molecule is CCc1nccn1C1CCCN(Cc2cccc(C(=O)O)c2)C1. The molecule has 0 saturated carbocycles. The summed E-state index contributed by atoms with van der Waals surface area (Å²) in [5.74, 6) is 0.277. The summed E-state index contributed by atoms with van der Waals surface area (Å²) in [7, 11) is 0. The number of aromatic nitrogens is 2. The lowest BCUT2D eigenvalue weighted by molar-refractivity contribution is 0.0696. The molecule has 3 rings (SSSR count). The van der Waals surface area contributed by atoms with E-state index < -0.39 is 5.97 Å². The van der Waals surface area contributed by atoms with E-state index >= 15 is 0 Å². The third-order valence-corrected chi connectivity index (χ3v) is 4.52. The Morgan fingerprint density at radius 2 is 2.30 bits per heavy atom. The molecule has 0 aliphatic carbocycles. The van der Waals surface area contributed by atoms with Gasteiger partial charge in [0.1, 0.15) is 5.82 Å². The first kappa shape index (κ1) is 15.7. The second kappa shape index (κ2) is 6.96. The number of aromatic carboxylic acids is 1. The molecule has 5 nitrogen and oxygen atoms in total. The van der Waals surface area contributed by atoms with Crippen LogP contribution in [0.15, 0.2) is 36.7 Å². The molecule has 1 aromatic carbocycles. The maximum absolute atomic E-state index is 11.1. The van der Waals surface area contributed by atoms with Crippen molar-refractivity contribution in [2.45, 2.75) is 38.8 Å². The summed E-state index contributed by atoms with van der Waals surface area (Å²) in [4.78, 5) is 17.9. The standard InChI is InChI=1S/C18H23N3O2/c1-2-17-19-8-10-21(17)16-7-4-9-20(13-16)12-14-5-3-6-15(11-14)18(22)23/h3,5-6,8,10-11,16H,2,4,7,9,12-13H2,1H3,(H,22,23). The van der Waals surface area contributed by atoms with Gasteiger partial charge in [0.05, 0.1) is 5.56 Å². The highest BCUT2D eigenvalue weighted by Gasteiger charge is 2.22. The highest BCUT2D eigenvalue weighted by molar-refractivity contribution is 5.87. The lowest BCUT2D eigenvalue weighted by Crippen LogP contribution is -2.36. The predicted molar refractivity (Wildman–Crippen MR) is 88.6 cm³/mol. The lowest BCUT2D eigenvalue weighted by Gasteiger charge is -2.34. The van der Waals surface area contributed by atoms with Gasteiger partial charge in [0.15, 0.2) is 0 Å². The van der Waals surface area contributed by atoms with Crippen LogP contribution in [0.4, 0.5) is 0 Å². The summed E-state index contributed by atoms with van der Waals surface area (Å²) in [6.07, 6.45) is 7.25. The third-order valence-electron chi connectivity index (χ3n) is 4.52. The molecule has 1 saturated heterocycles. The number of carboxylic acids is 1. The highest BCUT2D eigenvalue weighted by Crippen LogP contribution is 2.24. The van der Waals surface area contributed by atoms with Crippen molar-refractivity contribution in [1.29, 1.82) is 0 Å². The number of carbonyl (C=O) groups is 1. The van der Waals surface area contributed by atoms with Crippen molar-refractivity contribution in [3.8, 4) is 0 Å². The largest absolute Gasteiger partial charge is 0.478 e. The van der Waals surface area contributed by atoms with Gasteiger partial charge in [-0.25, -0.2) is 9.78 Å². The molecule has 1 unspecified atom stereocenters. The quantitative estimate of drug-likeness (QED) is 0.922. The van der Waals surface area contributed by atoms with Crippen LogP contribution in [-0.2, 0) is 13.0 Å². The number of carboxylic acid groups (broad SMARTS) is 1. The van der Waals surface area contributed by atoms with E-state index in [9.17, 15) is 4.79 Å². The molecule has 23 heavy (non-hydrogen) atoms. The van der Waals surface area contributed by atoms with Crippen molar-refractivity contribution in [3.63, 3.8) is 0 Å². The zero-order valence-corrected chi connectivity index (χ0v) is 13.5. The van der Waals surface area contributed by atoms with Gasteiger partial charge in [-0.2, -0.15) is 0 Å². The van der Waals surface area contributed by atoms with E-state index in [4.69, 9.17) is 5.11 Å². The van der Waals surface area contributed by atoms with Gasteiger partial charge in [0.2, 0.25) is 0 Å². The Morgan fingerprint density at radius 1 is 1.43 bits per heavy atom. The molecular weight excluding hydrogens is 290 g/mol. The number of rotatable bonds is 5. The van der Waals surface area contributed by atoms with Crippen LogP contribution >= 0.6 is 0 Å². The lowest BCUT2D eigenvalue weighted by atomic mass is 10.0. The highest BCUT2D eigenvalue weighted by atomic mass is 16.4. The average molecular weight is 313 g/mol. The first-order chi connectivity index (χ1) is 11.2. The van der Waals surface area contributed by atoms with Crippen LogP contribution in [-0.4, -0.2) is 38.6 Å². The summed E-state index contributed by atoms with van der Waals surface area (Å²) in [5.41, 5.74) is 1.42. The Hall–Kier alpha value is -2.14. The van der Waals surface area contributed by atoms with E-state index in [0.717, 1.165) is 43.9 Å². The Kier molecular flexibility index (Phi) is 4.76. The number of aryl methyl sites for hydroxylation is 1. The van der Waals surface area contributed by atoms with Crippen LogP contribution < -0.4 is 0 Å². The fourth-order valence-corrected chi connectivity index (χ4v) is 3.41. The maximum atomic E-state index is 11.1. The predicted octanol–water partition coefficient (Wildman–Crippen LogP) is 2.98. The number of piperidine rings is 1. The van der Waals surface area contributed by atoms with E-state index in [0.29, 0.717) is 11.6 Å². The molecule has 1 atom stereocenters. The monoisotopic (exact) mass is 313 g/mol. The molecule has 1 aliphatic rings. The molecule has 5 heteroatoms. The summed E-state index contributed by atoms with van der Waals surface area (Å²) in [6, 6.07) is 7.71. The maximum Gasteiger partial charge on any atom is 0.335 e. The van der Waals surface area contributed by atoms with Gasteiger partial charge >= 0.3 is 5.97 Å². The Morgan fingerprint density at radius 3 is 3.09 bits per heavy atom. The Bertz CT molecular complexity index is 680. The smallest absolute Gasteiger partial charge is 0.335 e. The zero-order chi connectivity index (χ0) is 16.2. The van der Waals surface area contributed by atoms with Crippen LogP contribution in [0.2, 0.25) is 0 Å². The van der Waals surface area contributed by atoms with Gasteiger partial charge in [-0.05, 0) is 37.1 Å². The van der Waals surface area contributed by atoms with E-state index in [1.165, 1.54) is 6.42 Å². The molecule has 122 valence electrons. The molecule has 0 amide bonds. The second-order valence-electron chi connectivity index (χ2n) is 6.14. The van der Waals surface area contributed by atoms with Gasteiger partial charge in [0.25, 0.3) is 0 Å². The minimum absolute atomic E-state index is 0.360. The molecule has 1 N–H and O–H groups in total. The number of hydrogen-bond donors (Lipinski definition) is 1. The zero-order valence-electron chi connectivity index (χ0n) is 13.5. The number of benzene rings is 1. The number of nitrogens with zero attached hydrogens (tertiary/aromatic N) is 3. The van der Waals surface area contributed by atoms with Crippen LogP contribution in [0.3, 0.4) is 0 Å². The van der Waals surface area contributed by atoms with Crippen LogP contribution in [0, 0.1) is 0 Å².